The van der Waals surface area contributed by atoms with Gasteiger partial charge in [-0.1, -0.05) is 60.2 Å². The van der Waals surface area contributed by atoms with Crippen LogP contribution in [-0.4, -0.2) is 65.3 Å². The molecule has 2 amide bonds. The van der Waals surface area contributed by atoms with E-state index in [9.17, 15) is 19.8 Å². The van der Waals surface area contributed by atoms with Crippen molar-refractivity contribution in [3.63, 3.8) is 0 Å². The number of anilines is 1. The number of nitrogens with one attached hydrogen (secondary N) is 1. The van der Waals surface area contributed by atoms with Crippen molar-refractivity contribution in [1.82, 2.24) is 10.2 Å². The number of carbonyl (C=O) groups is 2. The van der Waals surface area contributed by atoms with E-state index in [1.807, 2.05) is 73.7 Å². The molecular weight excluding hydrogens is 470 g/mol. The Labute approximate surface area is 217 Å². The number of ether oxygens (including phenoxy) is 1. The maximum absolute atomic E-state index is 12.7. The molecule has 1 aliphatic rings. The maximum Gasteiger partial charge on any atom is 0.254 e. The number of hydrogen-bond donors (Lipinski definition) is 3. The van der Waals surface area contributed by atoms with E-state index in [1.165, 1.54) is 4.90 Å². The monoisotopic (exact) mass is 503 g/mol. The van der Waals surface area contributed by atoms with Gasteiger partial charge in [0.15, 0.2) is 12.2 Å². The molecule has 3 aromatic carbocycles. The Balaban J connectivity index is 1.24. The Kier molecular flexibility index (Phi) is 8.77. The average Bonchev–Trinajstić information content (AvgIpc) is 2.94. The second-order valence-electron chi connectivity index (χ2n) is 9.18. The van der Waals surface area contributed by atoms with E-state index in [1.54, 1.807) is 6.07 Å². The zero-order valence-electron chi connectivity index (χ0n) is 20.9. The minimum absolute atomic E-state index is 0.119. The van der Waals surface area contributed by atoms with Crippen molar-refractivity contribution in [2.24, 2.45) is 0 Å². The quantitative estimate of drug-likeness (QED) is 0.414. The average molecular weight is 504 g/mol. The Morgan fingerprint density at radius 1 is 0.865 bits per heavy atom. The van der Waals surface area contributed by atoms with Gasteiger partial charge < -0.3 is 30.1 Å². The van der Waals surface area contributed by atoms with Gasteiger partial charge in [-0.3, -0.25) is 9.59 Å². The van der Waals surface area contributed by atoms with Gasteiger partial charge in [0, 0.05) is 38.4 Å². The van der Waals surface area contributed by atoms with E-state index in [2.05, 4.69) is 16.3 Å². The van der Waals surface area contributed by atoms with Gasteiger partial charge in [0.05, 0.1) is 0 Å². The number of aryl methyl sites for hydroxylation is 1. The molecule has 1 saturated heterocycles. The van der Waals surface area contributed by atoms with Crippen LogP contribution in [0, 0.1) is 6.92 Å². The van der Waals surface area contributed by atoms with Gasteiger partial charge in [-0.25, -0.2) is 0 Å². The number of rotatable bonds is 9. The van der Waals surface area contributed by atoms with Gasteiger partial charge in [0.2, 0.25) is 0 Å². The van der Waals surface area contributed by atoms with Crippen LogP contribution >= 0.6 is 0 Å². The molecule has 3 aromatic rings. The van der Waals surface area contributed by atoms with Gasteiger partial charge in [-0.2, -0.15) is 0 Å². The van der Waals surface area contributed by atoms with Crippen LogP contribution in [-0.2, 0) is 22.7 Å². The summed E-state index contributed by atoms with van der Waals surface area (Å²) < 4.78 is 5.86. The van der Waals surface area contributed by atoms with Crippen LogP contribution < -0.4 is 15.0 Å². The van der Waals surface area contributed by atoms with Crippen molar-refractivity contribution in [3.8, 4) is 5.75 Å². The molecule has 1 aliphatic heterocycles. The Bertz CT molecular complexity index is 1190. The van der Waals surface area contributed by atoms with Gasteiger partial charge >= 0.3 is 0 Å². The van der Waals surface area contributed by atoms with Crippen molar-refractivity contribution in [2.45, 2.75) is 32.3 Å². The van der Waals surface area contributed by atoms with E-state index >= 15 is 0 Å². The summed E-state index contributed by atoms with van der Waals surface area (Å²) in [5.41, 5.74) is 4.05. The van der Waals surface area contributed by atoms with Gasteiger partial charge in [-0.05, 0) is 42.3 Å². The van der Waals surface area contributed by atoms with Gasteiger partial charge in [-0.15, -0.1) is 0 Å². The molecule has 1 heterocycles. The third kappa shape index (κ3) is 7.09. The standard InChI is InChI=1S/C29H33N3O5/c1-21-7-5-9-23(17-21)20-37-25-12-6-8-22(18-25)19-30-28(35)26(33)27(34)29(36)32-15-13-31(14-16-32)24-10-3-2-4-11-24/h2-12,17-18,26-27,33-34H,13-16,19-20H2,1H3,(H,30,35)/t26-,27-/m1/s1. The number of carbonyl (C=O) groups excluding carboxylic acids is 2. The molecule has 8 nitrogen and oxygen atoms in total. The molecule has 3 N–H and O–H groups in total. The number of nitrogens with zero attached hydrogens (tertiary/aromatic N) is 2. The van der Waals surface area contributed by atoms with E-state index in [0.29, 0.717) is 38.5 Å². The van der Waals surface area contributed by atoms with Crippen molar-refractivity contribution in [3.05, 3.63) is 95.6 Å². The first-order valence-electron chi connectivity index (χ1n) is 12.4. The molecule has 194 valence electrons. The minimum atomic E-state index is -1.86. The zero-order valence-corrected chi connectivity index (χ0v) is 20.9. The fourth-order valence-electron chi connectivity index (χ4n) is 4.30. The highest BCUT2D eigenvalue weighted by Gasteiger charge is 2.34. The second-order valence-corrected chi connectivity index (χ2v) is 9.18. The molecule has 0 saturated carbocycles. The Morgan fingerprint density at radius 2 is 1.57 bits per heavy atom. The van der Waals surface area contributed by atoms with E-state index in [0.717, 1.165) is 22.4 Å². The normalized spacial score (nSPS) is 15.1. The number of amides is 2. The molecule has 8 heteroatoms. The molecular formula is C29H33N3O5. The summed E-state index contributed by atoms with van der Waals surface area (Å²) in [6.07, 6.45) is -3.69. The van der Waals surface area contributed by atoms with Crippen LogP contribution in [0.1, 0.15) is 16.7 Å². The van der Waals surface area contributed by atoms with E-state index < -0.39 is 24.0 Å². The first-order chi connectivity index (χ1) is 17.9. The Morgan fingerprint density at radius 3 is 2.30 bits per heavy atom. The first kappa shape index (κ1) is 26.2. The van der Waals surface area contributed by atoms with Gasteiger partial charge in [0.25, 0.3) is 11.8 Å². The number of benzene rings is 3. The van der Waals surface area contributed by atoms with E-state index in [4.69, 9.17) is 4.74 Å². The number of para-hydroxylation sites is 1. The number of aliphatic hydroxyl groups excluding tert-OH is 2. The molecule has 0 aromatic heterocycles. The lowest BCUT2D eigenvalue weighted by Crippen LogP contribution is -2.55. The maximum atomic E-state index is 12.7. The summed E-state index contributed by atoms with van der Waals surface area (Å²) in [5.74, 6) is -0.810. The van der Waals surface area contributed by atoms with Crippen LogP contribution in [0.4, 0.5) is 5.69 Å². The highest BCUT2D eigenvalue weighted by Crippen LogP contribution is 2.17. The third-order valence-corrected chi connectivity index (χ3v) is 6.39. The predicted molar refractivity (Wildman–Crippen MR) is 141 cm³/mol. The minimum Gasteiger partial charge on any atom is -0.489 e. The molecule has 1 fully saturated rings. The first-order valence-corrected chi connectivity index (χ1v) is 12.4. The molecule has 0 radical (unpaired) electrons. The van der Waals surface area contributed by atoms with Gasteiger partial charge in [0.1, 0.15) is 12.4 Å². The lowest BCUT2D eigenvalue weighted by molar-refractivity contribution is -0.153. The molecule has 0 aliphatic carbocycles. The third-order valence-electron chi connectivity index (χ3n) is 6.39. The van der Waals surface area contributed by atoms with Crippen LogP contribution in [0.15, 0.2) is 78.9 Å². The summed E-state index contributed by atoms with van der Waals surface area (Å²) in [6, 6.07) is 25.2. The van der Waals surface area contributed by atoms with Crippen molar-refractivity contribution >= 4 is 17.5 Å². The molecule has 37 heavy (non-hydrogen) atoms. The second kappa shape index (κ2) is 12.4. The van der Waals surface area contributed by atoms with Crippen molar-refractivity contribution in [1.29, 1.82) is 0 Å². The molecule has 4 rings (SSSR count). The fraction of sp³-hybridized carbons (Fsp3) is 0.310. The van der Waals surface area contributed by atoms with Crippen molar-refractivity contribution < 1.29 is 24.5 Å². The lowest BCUT2D eigenvalue weighted by atomic mass is 10.1. The zero-order chi connectivity index (χ0) is 26.2. The summed E-state index contributed by atoms with van der Waals surface area (Å²) in [5, 5.41) is 23.3. The number of hydrogen-bond acceptors (Lipinski definition) is 6. The fourth-order valence-corrected chi connectivity index (χ4v) is 4.30. The molecule has 0 bridgehead atoms. The summed E-state index contributed by atoms with van der Waals surface area (Å²) in [4.78, 5) is 28.8. The summed E-state index contributed by atoms with van der Waals surface area (Å²) in [6.45, 7) is 4.57. The predicted octanol–water partition coefficient (Wildman–Crippen LogP) is 2.26. The van der Waals surface area contributed by atoms with Crippen LogP contribution in [0.2, 0.25) is 0 Å². The number of piperazine rings is 1. The summed E-state index contributed by atoms with van der Waals surface area (Å²) in [7, 11) is 0. The SMILES string of the molecule is Cc1cccc(COc2cccc(CNC(=O)[C@H](O)[C@@H](O)C(=O)N3CCN(c4ccccc4)CC3)c2)c1. The smallest absolute Gasteiger partial charge is 0.254 e. The van der Waals surface area contributed by atoms with Crippen LogP contribution in [0.3, 0.4) is 0 Å². The largest absolute Gasteiger partial charge is 0.489 e. The Hall–Kier alpha value is -3.88. The molecule has 0 spiro atoms. The van der Waals surface area contributed by atoms with Crippen molar-refractivity contribution in [2.75, 3.05) is 31.1 Å². The summed E-state index contributed by atoms with van der Waals surface area (Å²) >= 11 is 0. The molecule has 0 unspecified atom stereocenters. The lowest BCUT2D eigenvalue weighted by Gasteiger charge is -2.37. The highest BCUT2D eigenvalue weighted by atomic mass is 16.5. The van der Waals surface area contributed by atoms with E-state index in [-0.39, 0.29) is 6.54 Å². The van der Waals surface area contributed by atoms with Crippen LogP contribution in [0.5, 0.6) is 5.75 Å². The highest BCUT2D eigenvalue weighted by molar-refractivity contribution is 5.90. The number of aliphatic hydroxyl groups is 2. The molecule has 2 atom stereocenters. The topological polar surface area (TPSA) is 102 Å². The van der Waals surface area contributed by atoms with Crippen LogP contribution in [0.25, 0.3) is 0 Å².